The van der Waals surface area contributed by atoms with Crippen molar-refractivity contribution >= 4 is 0 Å². The molecule has 0 amide bonds. The van der Waals surface area contributed by atoms with Crippen LogP contribution in [0.2, 0.25) is 0 Å². The number of halogens is 2. The maximum Gasteiger partial charge on any atom is 0.188 e. The van der Waals surface area contributed by atoms with Crippen LogP contribution in [0.5, 0.6) is 0 Å². The standard InChI is InChI=1S/C13H16F2O2/c1-9-7-16-13(2,17-8-9)10-3-4-11(14)6-12(15)5-10/h4-6,9H,3,7-8H2,1-2H3. The Morgan fingerprint density at radius 3 is 2.47 bits per heavy atom. The Balaban J connectivity index is 2.20. The third kappa shape index (κ3) is 2.82. The quantitative estimate of drug-likeness (QED) is 0.701. The zero-order valence-corrected chi connectivity index (χ0v) is 10.0. The second-order valence-electron chi connectivity index (χ2n) is 4.66. The summed E-state index contributed by atoms with van der Waals surface area (Å²) in [5, 5.41) is 0. The second kappa shape index (κ2) is 4.70. The van der Waals surface area contributed by atoms with Crippen LogP contribution in [0.15, 0.2) is 35.5 Å². The van der Waals surface area contributed by atoms with Crippen molar-refractivity contribution < 1.29 is 18.3 Å². The zero-order chi connectivity index (χ0) is 12.5. The van der Waals surface area contributed by atoms with Gasteiger partial charge in [-0.25, -0.2) is 8.78 Å². The lowest BCUT2D eigenvalue weighted by atomic mass is 10.0. The van der Waals surface area contributed by atoms with Gasteiger partial charge in [0.15, 0.2) is 5.79 Å². The van der Waals surface area contributed by atoms with E-state index in [1.54, 1.807) is 6.92 Å². The molecule has 1 heterocycles. The third-order valence-electron chi connectivity index (χ3n) is 2.97. The molecule has 0 N–H and O–H groups in total. The van der Waals surface area contributed by atoms with Gasteiger partial charge in [-0.05, 0) is 31.1 Å². The fourth-order valence-corrected chi connectivity index (χ4v) is 1.86. The van der Waals surface area contributed by atoms with E-state index < -0.39 is 17.4 Å². The van der Waals surface area contributed by atoms with Crippen molar-refractivity contribution in [3.63, 3.8) is 0 Å². The Morgan fingerprint density at radius 1 is 1.18 bits per heavy atom. The van der Waals surface area contributed by atoms with Crippen LogP contribution >= 0.6 is 0 Å². The van der Waals surface area contributed by atoms with Crippen LogP contribution < -0.4 is 0 Å². The molecule has 0 bridgehead atoms. The summed E-state index contributed by atoms with van der Waals surface area (Å²) in [5.41, 5.74) is 0.603. The second-order valence-corrected chi connectivity index (χ2v) is 4.66. The smallest absolute Gasteiger partial charge is 0.188 e. The first-order valence-corrected chi connectivity index (χ1v) is 5.71. The fraction of sp³-hybridized carbons (Fsp3) is 0.538. The molecule has 0 spiro atoms. The van der Waals surface area contributed by atoms with Gasteiger partial charge in [-0.15, -0.1) is 0 Å². The zero-order valence-electron chi connectivity index (χ0n) is 10.0. The van der Waals surface area contributed by atoms with Crippen LogP contribution in [0.3, 0.4) is 0 Å². The summed E-state index contributed by atoms with van der Waals surface area (Å²) in [6.45, 7) is 4.88. The minimum Gasteiger partial charge on any atom is -0.346 e. The predicted octanol–water partition coefficient (Wildman–Crippen LogP) is 3.42. The average molecular weight is 242 g/mol. The van der Waals surface area contributed by atoms with Crippen molar-refractivity contribution in [3.8, 4) is 0 Å². The van der Waals surface area contributed by atoms with Crippen LogP contribution in [-0.2, 0) is 9.47 Å². The summed E-state index contributed by atoms with van der Waals surface area (Å²) < 4.78 is 37.6. The monoisotopic (exact) mass is 242 g/mol. The lowest BCUT2D eigenvalue weighted by Crippen LogP contribution is -2.42. The van der Waals surface area contributed by atoms with E-state index in [2.05, 4.69) is 0 Å². The highest BCUT2D eigenvalue weighted by Crippen LogP contribution is 2.33. The van der Waals surface area contributed by atoms with E-state index in [4.69, 9.17) is 9.47 Å². The van der Waals surface area contributed by atoms with E-state index in [0.29, 0.717) is 31.1 Å². The Labute approximate surface area is 99.6 Å². The molecular weight excluding hydrogens is 226 g/mol. The molecule has 0 aromatic heterocycles. The molecule has 4 heteroatoms. The first-order chi connectivity index (χ1) is 7.99. The van der Waals surface area contributed by atoms with Crippen LogP contribution in [0.25, 0.3) is 0 Å². The van der Waals surface area contributed by atoms with Gasteiger partial charge in [-0.2, -0.15) is 0 Å². The molecule has 0 aromatic rings. The molecule has 0 saturated carbocycles. The highest BCUT2D eigenvalue weighted by molar-refractivity contribution is 5.33. The summed E-state index contributed by atoms with van der Waals surface area (Å²) in [6, 6.07) is 0. The molecule has 1 aliphatic heterocycles. The molecule has 0 aromatic carbocycles. The highest BCUT2D eigenvalue weighted by Gasteiger charge is 2.35. The number of ether oxygens (including phenoxy) is 2. The van der Waals surface area contributed by atoms with Gasteiger partial charge in [0.2, 0.25) is 0 Å². The SMILES string of the molecule is CC1COC(C)(C2=CC(F)=CC(F)=CC2)OC1. The topological polar surface area (TPSA) is 18.5 Å². The molecule has 17 heavy (non-hydrogen) atoms. The molecule has 1 fully saturated rings. The van der Waals surface area contributed by atoms with Gasteiger partial charge in [0, 0.05) is 12.0 Å². The van der Waals surface area contributed by atoms with E-state index in [1.165, 1.54) is 12.2 Å². The summed E-state index contributed by atoms with van der Waals surface area (Å²) >= 11 is 0. The normalized spacial score (nSPS) is 34.6. The lowest BCUT2D eigenvalue weighted by molar-refractivity contribution is -0.248. The number of rotatable bonds is 1. The molecular formula is C13H16F2O2. The molecule has 2 nitrogen and oxygen atoms in total. The number of allylic oxidation sites excluding steroid dienone is 5. The van der Waals surface area contributed by atoms with Crippen LogP contribution in [0.4, 0.5) is 8.78 Å². The maximum absolute atomic E-state index is 13.3. The molecule has 2 aliphatic rings. The van der Waals surface area contributed by atoms with Crippen molar-refractivity contribution in [1.29, 1.82) is 0 Å². The van der Waals surface area contributed by atoms with Gasteiger partial charge < -0.3 is 9.47 Å². The Morgan fingerprint density at radius 2 is 1.82 bits per heavy atom. The van der Waals surface area contributed by atoms with E-state index in [-0.39, 0.29) is 0 Å². The molecule has 0 unspecified atom stereocenters. The predicted molar refractivity (Wildman–Crippen MR) is 60.6 cm³/mol. The van der Waals surface area contributed by atoms with E-state index in [9.17, 15) is 8.78 Å². The maximum atomic E-state index is 13.3. The molecule has 2 rings (SSSR count). The van der Waals surface area contributed by atoms with Gasteiger partial charge >= 0.3 is 0 Å². The Hall–Kier alpha value is -1.00. The molecule has 0 atom stereocenters. The first-order valence-electron chi connectivity index (χ1n) is 5.71. The fourth-order valence-electron chi connectivity index (χ4n) is 1.86. The van der Waals surface area contributed by atoms with E-state index in [0.717, 1.165) is 6.08 Å². The van der Waals surface area contributed by atoms with Crippen molar-refractivity contribution in [1.82, 2.24) is 0 Å². The van der Waals surface area contributed by atoms with Crippen LogP contribution in [0.1, 0.15) is 20.3 Å². The number of hydrogen-bond acceptors (Lipinski definition) is 2. The number of hydrogen-bond donors (Lipinski definition) is 0. The molecule has 94 valence electrons. The first kappa shape index (κ1) is 12.5. The lowest BCUT2D eigenvalue weighted by Gasteiger charge is -2.38. The third-order valence-corrected chi connectivity index (χ3v) is 2.97. The summed E-state index contributed by atoms with van der Waals surface area (Å²) in [7, 11) is 0. The van der Waals surface area contributed by atoms with E-state index in [1.807, 2.05) is 6.92 Å². The van der Waals surface area contributed by atoms with Crippen LogP contribution in [0, 0.1) is 5.92 Å². The highest BCUT2D eigenvalue weighted by atomic mass is 19.1. The Kier molecular flexibility index (Phi) is 3.45. The largest absolute Gasteiger partial charge is 0.346 e. The van der Waals surface area contributed by atoms with Crippen molar-refractivity contribution in [2.45, 2.75) is 26.1 Å². The molecule has 1 aliphatic carbocycles. The van der Waals surface area contributed by atoms with Crippen LogP contribution in [-0.4, -0.2) is 19.0 Å². The van der Waals surface area contributed by atoms with E-state index >= 15 is 0 Å². The average Bonchev–Trinajstić information content (AvgIpc) is 2.44. The molecule has 0 radical (unpaired) electrons. The van der Waals surface area contributed by atoms with Crippen molar-refractivity contribution in [3.05, 3.63) is 35.5 Å². The minimum absolute atomic E-state index is 0.292. The minimum atomic E-state index is -0.946. The van der Waals surface area contributed by atoms with Gasteiger partial charge in [-0.1, -0.05) is 6.92 Å². The van der Waals surface area contributed by atoms with Crippen molar-refractivity contribution in [2.75, 3.05) is 13.2 Å². The molecule has 1 saturated heterocycles. The van der Waals surface area contributed by atoms with Gasteiger partial charge in [-0.3, -0.25) is 0 Å². The van der Waals surface area contributed by atoms with Gasteiger partial charge in [0.1, 0.15) is 11.7 Å². The van der Waals surface area contributed by atoms with Crippen molar-refractivity contribution in [2.24, 2.45) is 5.92 Å². The van der Waals surface area contributed by atoms with Gasteiger partial charge in [0.05, 0.1) is 13.2 Å². The summed E-state index contributed by atoms with van der Waals surface area (Å²) in [6.07, 6.45) is 3.77. The summed E-state index contributed by atoms with van der Waals surface area (Å²) in [5.74, 6) is -1.80. The summed E-state index contributed by atoms with van der Waals surface area (Å²) in [4.78, 5) is 0. The Bertz CT molecular complexity index is 388. The van der Waals surface area contributed by atoms with Gasteiger partial charge in [0.25, 0.3) is 0 Å².